The number of aliphatic hydroxyl groups excluding tert-OH is 1. The Balaban J connectivity index is 5.37. The van der Waals surface area contributed by atoms with Crippen LogP contribution in [0, 0.1) is 0 Å². The summed E-state index contributed by atoms with van der Waals surface area (Å²) in [5, 5.41) is 10.6. The van der Waals surface area contributed by atoms with Crippen molar-refractivity contribution < 1.29 is 80.2 Å². The van der Waals surface area contributed by atoms with Gasteiger partial charge in [-0.1, -0.05) is 246 Å². The Kier molecular flexibility index (Phi) is 68.0. The van der Waals surface area contributed by atoms with Gasteiger partial charge in [-0.2, -0.15) is 0 Å². The molecule has 17 nitrogen and oxygen atoms in total. The minimum atomic E-state index is -4.99. The minimum absolute atomic E-state index is 0.0697. The zero-order valence-electron chi connectivity index (χ0n) is 61.4. The van der Waals surface area contributed by atoms with Crippen LogP contribution in [0.25, 0.3) is 0 Å². The lowest BCUT2D eigenvalue weighted by molar-refractivity contribution is -0.161. The van der Waals surface area contributed by atoms with Gasteiger partial charge in [0.2, 0.25) is 0 Å². The Labute approximate surface area is 594 Å². The molecule has 0 aliphatic heterocycles. The van der Waals surface area contributed by atoms with Gasteiger partial charge >= 0.3 is 39.5 Å². The van der Waals surface area contributed by atoms with Gasteiger partial charge in [0.05, 0.1) is 26.4 Å². The van der Waals surface area contributed by atoms with Crippen LogP contribution in [0.1, 0.15) is 310 Å². The van der Waals surface area contributed by atoms with E-state index in [1.165, 1.54) is 57.8 Å². The highest BCUT2D eigenvalue weighted by Crippen LogP contribution is 2.45. The van der Waals surface area contributed by atoms with E-state index in [-0.39, 0.29) is 25.7 Å². The summed E-state index contributed by atoms with van der Waals surface area (Å²) in [6.07, 6.45) is 75.1. The van der Waals surface area contributed by atoms with E-state index in [4.69, 9.17) is 37.0 Å². The number of unbranched alkanes of at least 4 members (excludes halogenated alkanes) is 27. The van der Waals surface area contributed by atoms with Gasteiger partial charge in [0.25, 0.3) is 0 Å². The Morgan fingerprint density at radius 3 is 0.888 bits per heavy atom. The molecule has 0 aromatic carbocycles. The lowest BCUT2D eigenvalue weighted by Crippen LogP contribution is -2.30. The van der Waals surface area contributed by atoms with Crippen molar-refractivity contribution in [3.8, 4) is 0 Å². The fourth-order valence-electron chi connectivity index (χ4n) is 9.84. The first-order valence-electron chi connectivity index (χ1n) is 38.1. The van der Waals surface area contributed by atoms with Crippen molar-refractivity contribution in [2.75, 3.05) is 39.6 Å². The molecule has 0 saturated carbocycles. The second kappa shape index (κ2) is 71.1. The molecule has 0 bridgehead atoms. The number of rotatable bonds is 71. The molecule has 19 heteroatoms. The largest absolute Gasteiger partial charge is 0.472 e. The highest BCUT2D eigenvalue weighted by molar-refractivity contribution is 7.47. The number of phosphoric acid groups is 2. The SMILES string of the molecule is CC/C=C\C/C=C\C/C=C\C/C=C\C/C=C\CCCCCC(=O)OCC(COP(=O)(O)OCC(O)COP(=O)(O)OCC(COC(=O)CCCCCCC/C=C\CCCCCC)OC(=O)CCCCCCC/C=C\CCCC)OC(=O)CCCCCCC/C=C\C/C=C\CCCCC. The quantitative estimate of drug-likeness (QED) is 0.0169. The van der Waals surface area contributed by atoms with Crippen molar-refractivity contribution in [2.24, 2.45) is 0 Å². The van der Waals surface area contributed by atoms with Gasteiger partial charge in [0, 0.05) is 25.7 Å². The highest BCUT2D eigenvalue weighted by Gasteiger charge is 2.30. The molecule has 0 saturated heterocycles. The van der Waals surface area contributed by atoms with E-state index in [1.807, 2.05) is 0 Å². The molecule has 0 rings (SSSR count). The first-order chi connectivity index (χ1) is 47.7. The molecule has 0 aliphatic rings. The molecule has 0 aliphatic carbocycles. The summed E-state index contributed by atoms with van der Waals surface area (Å²) in [7, 11) is -9.96. The van der Waals surface area contributed by atoms with Crippen LogP contribution in [0.3, 0.4) is 0 Å². The maximum absolute atomic E-state index is 13.1. The average Bonchev–Trinajstić information content (AvgIpc) is 0.992. The first-order valence-corrected chi connectivity index (χ1v) is 41.1. The van der Waals surface area contributed by atoms with Crippen LogP contribution < -0.4 is 0 Å². The maximum atomic E-state index is 13.1. The molecule has 0 fully saturated rings. The third kappa shape index (κ3) is 70.2. The van der Waals surface area contributed by atoms with E-state index in [0.717, 1.165) is 173 Å². The fraction of sp³-hybridized carbons (Fsp3) is 0.722. The van der Waals surface area contributed by atoms with Crippen molar-refractivity contribution in [3.63, 3.8) is 0 Å². The third-order valence-electron chi connectivity index (χ3n) is 15.7. The van der Waals surface area contributed by atoms with Crippen molar-refractivity contribution in [1.29, 1.82) is 0 Å². The highest BCUT2D eigenvalue weighted by atomic mass is 31.2. The van der Waals surface area contributed by atoms with Gasteiger partial charge in [-0.15, -0.1) is 0 Å². The van der Waals surface area contributed by atoms with E-state index in [1.54, 1.807) is 0 Å². The first kappa shape index (κ1) is 93.7. The Hall–Kier alpha value is -4.28. The lowest BCUT2D eigenvalue weighted by Gasteiger charge is -2.21. The van der Waals surface area contributed by atoms with Crippen molar-refractivity contribution in [1.82, 2.24) is 0 Å². The number of hydrogen-bond acceptors (Lipinski definition) is 15. The summed E-state index contributed by atoms with van der Waals surface area (Å²) in [6.45, 7) is 4.61. The Bertz CT molecular complexity index is 2290. The van der Waals surface area contributed by atoms with E-state index >= 15 is 0 Å². The van der Waals surface area contributed by atoms with Crippen LogP contribution in [-0.2, 0) is 65.4 Å². The lowest BCUT2D eigenvalue weighted by atomic mass is 10.1. The summed E-state index contributed by atoms with van der Waals surface area (Å²) in [5.41, 5.74) is 0. The minimum Gasteiger partial charge on any atom is -0.462 e. The molecule has 0 aromatic heterocycles. The predicted molar refractivity (Wildman–Crippen MR) is 399 cm³/mol. The normalized spacial score (nSPS) is 14.6. The third-order valence-corrected chi connectivity index (χ3v) is 17.6. The summed E-state index contributed by atoms with van der Waals surface area (Å²) in [6, 6.07) is 0. The van der Waals surface area contributed by atoms with E-state index < -0.39 is 97.5 Å². The second-order valence-corrected chi connectivity index (χ2v) is 28.1. The zero-order valence-corrected chi connectivity index (χ0v) is 63.2. The Morgan fingerprint density at radius 2 is 0.541 bits per heavy atom. The molecule has 0 heterocycles. The van der Waals surface area contributed by atoms with Crippen molar-refractivity contribution in [3.05, 3.63) is 109 Å². The van der Waals surface area contributed by atoms with Crippen LogP contribution in [-0.4, -0.2) is 96.7 Å². The zero-order chi connectivity index (χ0) is 71.8. The summed E-state index contributed by atoms with van der Waals surface area (Å²) < 4.78 is 68.4. The maximum Gasteiger partial charge on any atom is 0.472 e. The molecule has 564 valence electrons. The summed E-state index contributed by atoms with van der Waals surface area (Å²) in [5.74, 6) is -2.24. The smallest absolute Gasteiger partial charge is 0.462 e. The van der Waals surface area contributed by atoms with E-state index in [2.05, 4.69) is 137 Å². The van der Waals surface area contributed by atoms with Crippen molar-refractivity contribution >= 4 is 39.5 Å². The van der Waals surface area contributed by atoms with Crippen LogP contribution in [0.2, 0.25) is 0 Å². The van der Waals surface area contributed by atoms with Crippen LogP contribution in [0.4, 0.5) is 0 Å². The molecule has 5 unspecified atom stereocenters. The van der Waals surface area contributed by atoms with Gasteiger partial charge in [-0.05, 0) is 148 Å². The molecule has 0 amide bonds. The fourth-order valence-corrected chi connectivity index (χ4v) is 11.4. The molecule has 5 atom stereocenters. The number of allylic oxidation sites excluding steroid dienone is 18. The molecular weight excluding hydrogens is 1280 g/mol. The number of carbonyl (C=O) groups is 4. The number of phosphoric ester groups is 2. The molecule has 0 radical (unpaired) electrons. The second-order valence-electron chi connectivity index (χ2n) is 25.2. The molecule has 3 N–H and O–H groups in total. The topological polar surface area (TPSA) is 237 Å². The van der Waals surface area contributed by atoms with Crippen LogP contribution >= 0.6 is 15.6 Å². The van der Waals surface area contributed by atoms with Gasteiger partial charge in [0.15, 0.2) is 12.2 Å². The number of hydrogen-bond donors (Lipinski definition) is 3. The van der Waals surface area contributed by atoms with Gasteiger partial charge in [-0.25, -0.2) is 9.13 Å². The Morgan fingerprint density at radius 1 is 0.296 bits per heavy atom. The molecular formula is C79H136O17P2. The molecule has 0 aromatic rings. The predicted octanol–water partition coefficient (Wildman–Crippen LogP) is 21.8. The van der Waals surface area contributed by atoms with Crippen LogP contribution in [0.5, 0.6) is 0 Å². The van der Waals surface area contributed by atoms with Gasteiger partial charge in [-0.3, -0.25) is 37.3 Å². The number of esters is 4. The number of ether oxygens (including phenoxy) is 4. The van der Waals surface area contributed by atoms with E-state index in [0.29, 0.717) is 25.7 Å². The van der Waals surface area contributed by atoms with Gasteiger partial charge in [0.1, 0.15) is 19.3 Å². The summed E-state index contributed by atoms with van der Waals surface area (Å²) in [4.78, 5) is 72.8. The molecule has 0 spiro atoms. The van der Waals surface area contributed by atoms with E-state index in [9.17, 15) is 43.2 Å². The van der Waals surface area contributed by atoms with Crippen molar-refractivity contribution in [2.45, 2.75) is 329 Å². The monoisotopic (exact) mass is 1420 g/mol. The van der Waals surface area contributed by atoms with Crippen LogP contribution in [0.15, 0.2) is 109 Å². The number of aliphatic hydroxyl groups is 1. The average molecular weight is 1420 g/mol. The van der Waals surface area contributed by atoms with Gasteiger partial charge < -0.3 is 33.8 Å². The number of carbonyl (C=O) groups excluding carboxylic acids is 4. The standard InChI is InChI=1S/C79H136O17P2/c1-5-9-13-17-21-25-29-32-34-35-36-37-39-41-45-48-52-56-60-64-77(82)90-70-75(96-79(84)66-62-58-54-50-46-42-38-33-30-26-22-18-14-10-6-2)72-94-98(87,88)92-68-73(80)67-91-97(85,86)93-71-74(95-78(83)65-61-57-53-49-43-28-24-20-16-12-8-4)69-89-76(81)63-59-55-51-47-44-40-31-27-23-19-15-11-7-3/h9,13,20-22,24-27,31-34,36-38,41,45,73-75,80H,5-8,10-12,14-19,23,28-30,35,39-40,42-44,46-72H2,1-4H3,(H,85,86)(H,87,88)/b13-9-,24-20-,25-21-,26-22-,31-27-,34-32-,37-36-,38-33-,45-41-. The summed E-state index contributed by atoms with van der Waals surface area (Å²) >= 11 is 0. The molecule has 98 heavy (non-hydrogen) atoms.